The highest BCUT2D eigenvalue weighted by Gasteiger charge is 2.37. The lowest BCUT2D eigenvalue weighted by atomic mass is 9.76. The monoisotopic (exact) mass is 285 g/mol. The molecule has 0 unspecified atom stereocenters. The van der Waals surface area contributed by atoms with Gasteiger partial charge in [-0.3, -0.25) is 0 Å². The molecule has 1 aromatic heterocycles. The number of nitrogens with zero attached hydrogens (tertiary/aromatic N) is 2. The van der Waals surface area contributed by atoms with Gasteiger partial charge in [0.1, 0.15) is 0 Å². The highest BCUT2D eigenvalue weighted by molar-refractivity contribution is 5.19. The van der Waals surface area contributed by atoms with Gasteiger partial charge in [-0.05, 0) is 37.2 Å². The molecule has 0 amide bonds. The Balaban J connectivity index is 1.70. The van der Waals surface area contributed by atoms with Crippen LogP contribution in [0.5, 0.6) is 0 Å². The molecule has 1 aliphatic carbocycles. The summed E-state index contributed by atoms with van der Waals surface area (Å²) in [6, 6.07) is 10.2. The molecule has 21 heavy (non-hydrogen) atoms. The number of benzene rings is 1. The minimum atomic E-state index is -0.423. The number of hydrogen-bond donors (Lipinski definition) is 1. The Bertz CT molecular complexity index is 571. The number of hydrogen-bond acceptors (Lipinski definition) is 4. The van der Waals surface area contributed by atoms with Crippen molar-refractivity contribution < 1.29 is 4.52 Å². The second kappa shape index (κ2) is 5.98. The molecule has 112 valence electrons. The fraction of sp³-hybridized carbons (Fsp3) is 0.529. The van der Waals surface area contributed by atoms with Crippen LogP contribution in [0.4, 0.5) is 0 Å². The first-order valence-corrected chi connectivity index (χ1v) is 7.85. The van der Waals surface area contributed by atoms with Crippen molar-refractivity contribution in [3.8, 4) is 0 Å². The quantitative estimate of drug-likeness (QED) is 0.935. The highest BCUT2D eigenvalue weighted by Crippen LogP contribution is 2.37. The summed E-state index contributed by atoms with van der Waals surface area (Å²) >= 11 is 0. The van der Waals surface area contributed by atoms with Crippen molar-refractivity contribution in [3.05, 3.63) is 47.6 Å². The van der Waals surface area contributed by atoms with Gasteiger partial charge in [-0.25, -0.2) is 0 Å². The number of nitrogens with two attached hydrogens (primary N) is 1. The molecule has 0 saturated heterocycles. The lowest BCUT2D eigenvalue weighted by Crippen LogP contribution is -2.40. The van der Waals surface area contributed by atoms with Crippen LogP contribution in [0.2, 0.25) is 0 Å². The molecule has 2 aromatic rings. The Morgan fingerprint density at radius 1 is 1.24 bits per heavy atom. The maximum absolute atomic E-state index is 6.51. The van der Waals surface area contributed by atoms with Gasteiger partial charge >= 0.3 is 0 Å². The first-order chi connectivity index (χ1) is 10.2. The normalized spacial score (nSPS) is 25.9. The van der Waals surface area contributed by atoms with Crippen molar-refractivity contribution in [1.82, 2.24) is 10.1 Å². The number of rotatable bonds is 4. The SMILES string of the molecule is CCC1CCC(N)(c2nc(Cc3ccccc3)no2)CC1. The third-order valence-corrected chi connectivity index (χ3v) is 4.67. The molecule has 0 spiro atoms. The lowest BCUT2D eigenvalue weighted by molar-refractivity contribution is 0.181. The van der Waals surface area contributed by atoms with E-state index in [0.717, 1.165) is 37.4 Å². The van der Waals surface area contributed by atoms with Crippen molar-refractivity contribution >= 4 is 0 Å². The standard InChI is InChI=1S/C17H23N3O/c1-2-13-8-10-17(18,11-9-13)16-19-15(20-21-16)12-14-6-4-3-5-7-14/h3-7,13H,2,8-12,18H2,1H3. The zero-order valence-electron chi connectivity index (χ0n) is 12.6. The van der Waals surface area contributed by atoms with E-state index in [1.165, 1.54) is 12.0 Å². The fourth-order valence-corrected chi connectivity index (χ4v) is 3.12. The second-order valence-corrected chi connectivity index (χ2v) is 6.19. The van der Waals surface area contributed by atoms with Gasteiger partial charge in [0.05, 0.1) is 5.54 Å². The van der Waals surface area contributed by atoms with Crippen LogP contribution < -0.4 is 5.73 Å². The van der Waals surface area contributed by atoms with Gasteiger partial charge in [0.15, 0.2) is 5.82 Å². The molecule has 4 heteroatoms. The van der Waals surface area contributed by atoms with Crippen LogP contribution in [0, 0.1) is 5.92 Å². The second-order valence-electron chi connectivity index (χ2n) is 6.19. The van der Waals surface area contributed by atoms with Crippen molar-refractivity contribution in [3.63, 3.8) is 0 Å². The van der Waals surface area contributed by atoms with Gasteiger partial charge in [0, 0.05) is 6.42 Å². The average Bonchev–Trinajstić information content (AvgIpc) is 2.98. The maximum Gasteiger partial charge on any atom is 0.246 e. The Kier molecular flexibility index (Phi) is 4.06. The maximum atomic E-state index is 6.51. The Labute approximate surface area is 125 Å². The summed E-state index contributed by atoms with van der Waals surface area (Å²) in [4.78, 5) is 4.55. The van der Waals surface area contributed by atoms with Gasteiger partial charge in [-0.1, -0.05) is 48.8 Å². The predicted molar refractivity (Wildman–Crippen MR) is 81.7 cm³/mol. The molecule has 0 atom stereocenters. The zero-order valence-corrected chi connectivity index (χ0v) is 12.6. The Morgan fingerprint density at radius 3 is 2.62 bits per heavy atom. The summed E-state index contributed by atoms with van der Waals surface area (Å²) in [5.74, 6) is 2.13. The lowest BCUT2D eigenvalue weighted by Gasteiger charge is -2.33. The molecule has 1 fully saturated rings. The molecule has 0 aliphatic heterocycles. The largest absolute Gasteiger partial charge is 0.337 e. The third-order valence-electron chi connectivity index (χ3n) is 4.67. The van der Waals surface area contributed by atoms with E-state index >= 15 is 0 Å². The minimum absolute atomic E-state index is 0.423. The van der Waals surface area contributed by atoms with Gasteiger partial charge < -0.3 is 10.3 Å². The van der Waals surface area contributed by atoms with Gasteiger partial charge in [0.2, 0.25) is 5.89 Å². The molecule has 1 heterocycles. The molecule has 2 N–H and O–H groups in total. The summed E-state index contributed by atoms with van der Waals surface area (Å²) in [6.45, 7) is 2.25. The van der Waals surface area contributed by atoms with E-state index in [-0.39, 0.29) is 0 Å². The van der Waals surface area contributed by atoms with E-state index in [1.807, 2.05) is 18.2 Å². The van der Waals surface area contributed by atoms with Gasteiger partial charge in [-0.2, -0.15) is 4.98 Å². The van der Waals surface area contributed by atoms with Gasteiger partial charge in [-0.15, -0.1) is 0 Å². The van der Waals surface area contributed by atoms with Crippen molar-refractivity contribution in [1.29, 1.82) is 0 Å². The average molecular weight is 285 g/mol. The Morgan fingerprint density at radius 2 is 1.95 bits per heavy atom. The summed E-state index contributed by atoms with van der Waals surface area (Å²) < 4.78 is 5.46. The van der Waals surface area contributed by atoms with Crippen LogP contribution in [0.25, 0.3) is 0 Å². The molecule has 0 radical (unpaired) electrons. The summed E-state index contributed by atoms with van der Waals surface area (Å²) in [7, 11) is 0. The van der Waals surface area contributed by atoms with Crippen molar-refractivity contribution in [2.24, 2.45) is 11.7 Å². The Hall–Kier alpha value is -1.68. The van der Waals surface area contributed by atoms with E-state index in [4.69, 9.17) is 10.3 Å². The molecule has 1 aromatic carbocycles. The number of aromatic nitrogens is 2. The van der Waals surface area contributed by atoms with E-state index in [2.05, 4.69) is 29.2 Å². The first-order valence-electron chi connectivity index (χ1n) is 7.85. The highest BCUT2D eigenvalue weighted by atomic mass is 16.5. The molecular formula is C17H23N3O. The smallest absolute Gasteiger partial charge is 0.246 e. The zero-order chi connectivity index (χ0) is 14.7. The van der Waals surface area contributed by atoms with E-state index in [9.17, 15) is 0 Å². The molecule has 3 rings (SSSR count). The summed E-state index contributed by atoms with van der Waals surface area (Å²) in [5.41, 5.74) is 7.27. The molecule has 1 aliphatic rings. The summed E-state index contributed by atoms with van der Waals surface area (Å²) in [5, 5.41) is 4.10. The molecular weight excluding hydrogens is 262 g/mol. The minimum Gasteiger partial charge on any atom is -0.337 e. The molecule has 0 bridgehead atoms. The van der Waals surface area contributed by atoms with Crippen LogP contribution in [-0.4, -0.2) is 10.1 Å². The van der Waals surface area contributed by atoms with E-state index in [1.54, 1.807) is 0 Å². The molecule has 4 nitrogen and oxygen atoms in total. The third kappa shape index (κ3) is 3.16. The first kappa shape index (κ1) is 14.3. The van der Waals surface area contributed by atoms with Crippen LogP contribution in [-0.2, 0) is 12.0 Å². The van der Waals surface area contributed by atoms with Crippen LogP contribution in [0.15, 0.2) is 34.9 Å². The van der Waals surface area contributed by atoms with Crippen molar-refractivity contribution in [2.45, 2.75) is 51.0 Å². The molecule has 1 saturated carbocycles. The van der Waals surface area contributed by atoms with Crippen LogP contribution >= 0.6 is 0 Å². The van der Waals surface area contributed by atoms with E-state index < -0.39 is 5.54 Å². The predicted octanol–water partition coefficient (Wildman–Crippen LogP) is 3.41. The van der Waals surface area contributed by atoms with Crippen molar-refractivity contribution in [2.75, 3.05) is 0 Å². The topological polar surface area (TPSA) is 64.9 Å². The van der Waals surface area contributed by atoms with Crippen LogP contribution in [0.3, 0.4) is 0 Å². The van der Waals surface area contributed by atoms with Gasteiger partial charge in [0.25, 0.3) is 0 Å². The van der Waals surface area contributed by atoms with Crippen LogP contribution in [0.1, 0.15) is 56.3 Å². The van der Waals surface area contributed by atoms with E-state index in [0.29, 0.717) is 12.3 Å². The summed E-state index contributed by atoms with van der Waals surface area (Å²) in [6.07, 6.45) is 6.13. The fourth-order valence-electron chi connectivity index (χ4n) is 3.12.